The van der Waals surface area contributed by atoms with Crippen molar-refractivity contribution in [1.82, 2.24) is 9.88 Å². The molecule has 2 rings (SSSR count). The van der Waals surface area contributed by atoms with Crippen LogP contribution in [0.25, 0.3) is 0 Å². The molecule has 1 aromatic carbocycles. The third-order valence-corrected chi connectivity index (χ3v) is 4.62. The molecule has 0 aliphatic carbocycles. The minimum absolute atomic E-state index is 0.0460. The van der Waals surface area contributed by atoms with Crippen LogP contribution in [0.3, 0.4) is 0 Å². The maximum Gasteiger partial charge on any atom is 0.254 e. The van der Waals surface area contributed by atoms with Crippen molar-refractivity contribution in [2.24, 2.45) is 0 Å². The van der Waals surface area contributed by atoms with E-state index in [0.717, 1.165) is 5.69 Å². The molecule has 27 heavy (non-hydrogen) atoms. The van der Waals surface area contributed by atoms with E-state index in [4.69, 9.17) is 9.47 Å². The molecule has 146 valence electrons. The average molecular weight is 391 g/mol. The number of amides is 2. The maximum absolute atomic E-state index is 12.9. The molecule has 2 amide bonds. The highest BCUT2D eigenvalue weighted by molar-refractivity contribution is 7.13. The molecule has 1 N–H and O–H groups in total. The molecule has 0 radical (unpaired) electrons. The van der Waals surface area contributed by atoms with E-state index >= 15 is 0 Å². The Bertz CT molecular complexity index is 746. The molecule has 0 unspecified atom stereocenters. The summed E-state index contributed by atoms with van der Waals surface area (Å²) >= 11 is 1.36. The lowest BCUT2D eigenvalue weighted by Crippen LogP contribution is -2.39. The van der Waals surface area contributed by atoms with Crippen molar-refractivity contribution >= 4 is 28.3 Å². The van der Waals surface area contributed by atoms with Gasteiger partial charge < -0.3 is 19.7 Å². The van der Waals surface area contributed by atoms with Crippen LogP contribution in [0.5, 0.6) is 5.75 Å². The number of aromatic nitrogens is 1. The van der Waals surface area contributed by atoms with E-state index in [-0.39, 0.29) is 18.4 Å². The van der Waals surface area contributed by atoms with Crippen LogP contribution in [-0.2, 0) is 9.53 Å². The van der Waals surface area contributed by atoms with Crippen LogP contribution in [-0.4, -0.2) is 55.1 Å². The number of carbonyl (C=O) groups is 2. The Morgan fingerprint density at radius 1 is 1.26 bits per heavy atom. The lowest BCUT2D eigenvalue weighted by molar-refractivity contribution is -0.116. The molecule has 0 aliphatic rings. The molecule has 0 fully saturated rings. The van der Waals surface area contributed by atoms with E-state index in [2.05, 4.69) is 10.3 Å². The van der Waals surface area contributed by atoms with Gasteiger partial charge in [0.15, 0.2) is 5.13 Å². The van der Waals surface area contributed by atoms with E-state index in [1.165, 1.54) is 16.2 Å². The third kappa shape index (κ3) is 6.65. The monoisotopic (exact) mass is 391 g/mol. The SMILES string of the molecule is CCOCCCN(CC(=O)Nc1nc(C)cs1)C(=O)c1ccc(OC)cc1. The smallest absolute Gasteiger partial charge is 0.254 e. The zero-order valence-corrected chi connectivity index (χ0v) is 16.7. The minimum Gasteiger partial charge on any atom is -0.497 e. The van der Waals surface area contributed by atoms with E-state index in [0.29, 0.717) is 42.6 Å². The van der Waals surface area contributed by atoms with Crippen molar-refractivity contribution in [3.63, 3.8) is 0 Å². The molecule has 1 heterocycles. The van der Waals surface area contributed by atoms with E-state index in [1.54, 1.807) is 31.4 Å². The first-order valence-electron chi connectivity index (χ1n) is 8.76. The van der Waals surface area contributed by atoms with Crippen LogP contribution < -0.4 is 10.1 Å². The van der Waals surface area contributed by atoms with Crippen molar-refractivity contribution in [3.8, 4) is 5.75 Å². The molecule has 0 saturated heterocycles. The number of ether oxygens (including phenoxy) is 2. The fourth-order valence-corrected chi connectivity index (χ4v) is 3.12. The van der Waals surface area contributed by atoms with Gasteiger partial charge in [0.1, 0.15) is 12.3 Å². The van der Waals surface area contributed by atoms with Crippen LogP contribution in [0, 0.1) is 6.92 Å². The Labute approximate surface area is 163 Å². The highest BCUT2D eigenvalue weighted by Crippen LogP contribution is 2.16. The summed E-state index contributed by atoms with van der Waals surface area (Å²) in [5.41, 5.74) is 1.35. The summed E-state index contributed by atoms with van der Waals surface area (Å²) in [5, 5.41) is 5.13. The zero-order chi connectivity index (χ0) is 19.6. The zero-order valence-electron chi connectivity index (χ0n) is 15.9. The molecular weight excluding hydrogens is 366 g/mol. The number of nitrogens with zero attached hydrogens (tertiary/aromatic N) is 2. The Morgan fingerprint density at radius 2 is 2.00 bits per heavy atom. The van der Waals surface area contributed by atoms with Gasteiger partial charge in [-0.25, -0.2) is 4.98 Å². The summed E-state index contributed by atoms with van der Waals surface area (Å²) in [7, 11) is 1.57. The molecule has 0 atom stereocenters. The number of anilines is 1. The molecule has 8 heteroatoms. The van der Waals surface area contributed by atoms with E-state index < -0.39 is 0 Å². The van der Waals surface area contributed by atoms with Crippen molar-refractivity contribution in [2.45, 2.75) is 20.3 Å². The number of rotatable bonds is 10. The normalized spacial score (nSPS) is 10.5. The number of aryl methyl sites for hydroxylation is 1. The number of methoxy groups -OCH3 is 1. The number of thiazole rings is 1. The summed E-state index contributed by atoms with van der Waals surface area (Å²) in [5.74, 6) is 0.188. The maximum atomic E-state index is 12.9. The lowest BCUT2D eigenvalue weighted by Gasteiger charge is -2.22. The molecule has 0 aliphatic heterocycles. The molecule has 0 spiro atoms. The van der Waals surface area contributed by atoms with Crippen LogP contribution in [0.4, 0.5) is 5.13 Å². The van der Waals surface area contributed by atoms with Gasteiger partial charge in [-0.3, -0.25) is 9.59 Å². The molecule has 2 aromatic rings. The number of hydrogen-bond donors (Lipinski definition) is 1. The summed E-state index contributed by atoms with van der Waals surface area (Å²) < 4.78 is 10.5. The first kappa shape index (κ1) is 20.9. The summed E-state index contributed by atoms with van der Waals surface area (Å²) in [4.78, 5) is 31.0. The molecule has 1 aromatic heterocycles. The Balaban J connectivity index is 2.03. The number of benzene rings is 1. The Hall–Kier alpha value is -2.45. The van der Waals surface area contributed by atoms with Gasteiger partial charge in [-0.2, -0.15) is 0 Å². The van der Waals surface area contributed by atoms with Crippen LogP contribution in [0.2, 0.25) is 0 Å². The van der Waals surface area contributed by atoms with E-state index in [9.17, 15) is 9.59 Å². The highest BCUT2D eigenvalue weighted by Gasteiger charge is 2.19. The van der Waals surface area contributed by atoms with Gasteiger partial charge in [0, 0.05) is 30.7 Å². The standard InChI is InChI=1S/C19H25N3O4S/c1-4-26-11-5-10-22(12-17(23)21-19-20-14(2)13-27-19)18(24)15-6-8-16(25-3)9-7-15/h6-9,13H,4-5,10-12H2,1-3H3,(H,20,21,23). The highest BCUT2D eigenvalue weighted by atomic mass is 32.1. The van der Waals surface area contributed by atoms with Crippen molar-refractivity contribution in [1.29, 1.82) is 0 Å². The van der Waals surface area contributed by atoms with Gasteiger partial charge in [0.25, 0.3) is 5.91 Å². The fraction of sp³-hybridized carbons (Fsp3) is 0.421. The summed E-state index contributed by atoms with van der Waals surface area (Å²) in [6.45, 7) is 5.32. The van der Waals surface area contributed by atoms with Crippen molar-refractivity contribution in [3.05, 3.63) is 40.9 Å². The summed E-state index contributed by atoms with van der Waals surface area (Å²) in [6, 6.07) is 6.84. The van der Waals surface area contributed by atoms with Gasteiger partial charge in [-0.05, 0) is 44.5 Å². The first-order valence-corrected chi connectivity index (χ1v) is 9.64. The van der Waals surface area contributed by atoms with Gasteiger partial charge >= 0.3 is 0 Å². The predicted molar refractivity (Wildman–Crippen MR) is 105 cm³/mol. The minimum atomic E-state index is -0.275. The Kier molecular flexibility index (Phi) is 8.22. The van der Waals surface area contributed by atoms with Crippen LogP contribution in [0.15, 0.2) is 29.6 Å². The van der Waals surface area contributed by atoms with Gasteiger partial charge in [0.2, 0.25) is 5.91 Å². The largest absolute Gasteiger partial charge is 0.497 e. The summed E-state index contributed by atoms with van der Waals surface area (Å²) in [6.07, 6.45) is 0.652. The number of carbonyl (C=O) groups excluding carboxylic acids is 2. The number of nitrogens with one attached hydrogen (secondary N) is 1. The van der Waals surface area contributed by atoms with Crippen LogP contribution >= 0.6 is 11.3 Å². The third-order valence-electron chi connectivity index (χ3n) is 3.74. The van der Waals surface area contributed by atoms with Crippen molar-refractivity contribution in [2.75, 3.05) is 38.7 Å². The second-order valence-corrected chi connectivity index (χ2v) is 6.71. The van der Waals surface area contributed by atoms with Crippen LogP contribution in [0.1, 0.15) is 29.4 Å². The predicted octanol–water partition coefficient (Wildman–Crippen LogP) is 2.97. The lowest BCUT2D eigenvalue weighted by atomic mass is 10.2. The van der Waals surface area contributed by atoms with Crippen molar-refractivity contribution < 1.29 is 19.1 Å². The second-order valence-electron chi connectivity index (χ2n) is 5.85. The second kappa shape index (κ2) is 10.6. The first-order chi connectivity index (χ1) is 13.0. The average Bonchev–Trinajstić information content (AvgIpc) is 3.08. The molecule has 0 bridgehead atoms. The topological polar surface area (TPSA) is 80.8 Å². The van der Waals surface area contributed by atoms with Gasteiger partial charge in [-0.15, -0.1) is 11.3 Å². The van der Waals surface area contributed by atoms with Gasteiger partial charge in [-0.1, -0.05) is 0 Å². The molecule has 7 nitrogen and oxygen atoms in total. The fourth-order valence-electron chi connectivity index (χ4n) is 2.41. The van der Waals surface area contributed by atoms with Gasteiger partial charge in [0.05, 0.1) is 12.8 Å². The molecule has 0 saturated carbocycles. The quantitative estimate of drug-likeness (QED) is 0.630. The molecular formula is C19H25N3O4S. The Morgan fingerprint density at radius 3 is 2.59 bits per heavy atom. The van der Waals surface area contributed by atoms with E-state index in [1.807, 2.05) is 19.2 Å². The number of hydrogen-bond acceptors (Lipinski definition) is 6.